The van der Waals surface area contributed by atoms with Crippen LogP contribution in [0, 0.1) is 11.3 Å². The van der Waals surface area contributed by atoms with Crippen molar-refractivity contribution in [2.24, 2.45) is 11.3 Å². The molecule has 1 aliphatic heterocycles. The Morgan fingerprint density at radius 2 is 1.95 bits per heavy atom. The summed E-state index contributed by atoms with van der Waals surface area (Å²) in [6, 6.07) is 0.0352. The third kappa shape index (κ3) is 4.43. The lowest BCUT2D eigenvalue weighted by atomic mass is 9.79. The van der Waals surface area contributed by atoms with Crippen LogP contribution in [0.5, 0.6) is 0 Å². The van der Waals surface area contributed by atoms with Crippen LogP contribution in [-0.2, 0) is 19.1 Å². The average molecular weight is 299 g/mol. The molecule has 5 nitrogen and oxygen atoms in total. The highest BCUT2D eigenvalue weighted by Crippen LogP contribution is 2.31. The number of rotatable bonds is 4. The number of nitrogens with zero attached hydrogens (tertiary/aromatic N) is 1. The highest BCUT2D eigenvalue weighted by Gasteiger charge is 2.43. The molecule has 0 aromatic heterocycles. The molecule has 0 aromatic carbocycles. The predicted molar refractivity (Wildman–Crippen MR) is 80.8 cm³/mol. The third-order valence-electron chi connectivity index (χ3n) is 3.86. The van der Waals surface area contributed by atoms with Crippen LogP contribution >= 0.6 is 0 Å². The second kappa shape index (κ2) is 7.25. The van der Waals surface area contributed by atoms with Gasteiger partial charge in [-0.05, 0) is 25.7 Å². The number of esters is 1. The molecular weight excluding hydrogens is 270 g/mol. The SMILES string of the molecule is CCOC(=O)C(C(=O)N1CC(C)OCC1CC)C(C)(C)C. The molecule has 0 N–H and O–H groups in total. The fourth-order valence-electron chi connectivity index (χ4n) is 2.67. The molecule has 0 saturated carbocycles. The molecule has 1 amide bonds. The first-order valence-electron chi connectivity index (χ1n) is 7.81. The van der Waals surface area contributed by atoms with Gasteiger partial charge in [0.2, 0.25) is 5.91 Å². The van der Waals surface area contributed by atoms with Crippen molar-refractivity contribution in [1.82, 2.24) is 4.90 Å². The van der Waals surface area contributed by atoms with E-state index in [4.69, 9.17) is 9.47 Å². The van der Waals surface area contributed by atoms with E-state index in [1.807, 2.05) is 34.6 Å². The van der Waals surface area contributed by atoms with E-state index >= 15 is 0 Å². The summed E-state index contributed by atoms with van der Waals surface area (Å²) in [6.45, 7) is 12.8. The van der Waals surface area contributed by atoms with E-state index in [9.17, 15) is 9.59 Å². The quantitative estimate of drug-likeness (QED) is 0.590. The number of hydrogen-bond acceptors (Lipinski definition) is 4. The summed E-state index contributed by atoms with van der Waals surface area (Å²) >= 11 is 0. The van der Waals surface area contributed by atoms with Gasteiger partial charge in [-0.1, -0.05) is 27.7 Å². The van der Waals surface area contributed by atoms with Gasteiger partial charge in [0.05, 0.1) is 25.4 Å². The lowest BCUT2D eigenvalue weighted by Gasteiger charge is -2.41. The fraction of sp³-hybridized carbons (Fsp3) is 0.875. The first kappa shape index (κ1) is 18.0. The zero-order valence-corrected chi connectivity index (χ0v) is 14.1. The predicted octanol–water partition coefficient (Wildman–Crippen LogP) is 2.24. The molecule has 1 fully saturated rings. The summed E-state index contributed by atoms with van der Waals surface area (Å²) in [6.07, 6.45) is 0.817. The van der Waals surface area contributed by atoms with Gasteiger partial charge in [0.1, 0.15) is 5.92 Å². The number of carbonyl (C=O) groups is 2. The first-order valence-corrected chi connectivity index (χ1v) is 7.81. The Labute approximate surface area is 128 Å². The van der Waals surface area contributed by atoms with Crippen molar-refractivity contribution >= 4 is 11.9 Å². The Kier molecular flexibility index (Phi) is 6.20. The van der Waals surface area contributed by atoms with Gasteiger partial charge < -0.3 is 14.4 Å². The summed E-state index contributed by atoms with van der Waals surface area (Å²) in [4.78, 5) is 27.0. The maximum atomic E-state index is 12.9. The topological polar surface area (TPSA) is 55.8 Å². The Bertz CT molecular complexity index is 375. The van der Waals surface area contributed by atoms with Crippen molar-refractivity contribution in [1.29, 1.82) is 0 Å². The minimum Gasteiger partial charge on any atom is -0.465 e. The van der Waals surface area contributed by atoms with E-state index in [2.05, 4.69) is 0 Å². The molecule has 0 aliphatic carbocycles. The Hall–Kier alpha value is -1.10. The maximum absolute atomic E-state index is 12.9. The largest absolute Gasteiger partial charge is 0.465 e. The Morgan fingerprint density at radius 1 is 1.33 bits per heavy atom. The van der Waals surface area contributed by atoms with Crippen LogP contribution in [0.15, 0.2) is 0 Å². The van der Waals surface area contributed by atoms with Crippen LogP contribution < -0.4 is 0 Å². The van der Waals surface area contributed by atoms with E-state index in [0.29, 0.717) is 13.2 Å². The van der Waals surface area contributed by atoms with Gasteiger partial charge in [-0.3, -0.25) is 9.59 Å². The molecule has 122 valence electrons. The maximum Gasteiger partial charge on any atom is 0.319 e. The lowest BCUT2D eigenvalue weighted by molar-refractivity contribution is -0.166. The van der Waals surface area contributed by atoms with Crippen LogP contribution in [-0.4, -0.2) is 48.7 Å². The monoisotopic (exact) mass is 299 g/mol. The van der Waals surface area contributed by atoms with Crippen LogP contribution in [0.1, 0.15) is 48.0 Å². The summed E-state index contributed by atoms with van der Waals surface area (Å²) in [5.74, 6) is -1.33. The molecule has 1 heterocycles. The smallest absolute Gasteiger partial charge is 0.319 e. The summed E-state index contributed by atoms with van der Waals surface area (Å²) in [5.41, 5.74) is -0.469. The minimum atomic E-state index is -0.767. The van der Waals surface area contributed by atoms with Crippen molar-refractivity contribution in [3.63, 3.8) is 0 Å². The molecule has 3 atom stereocenters. The molecule has 1 aliphatic rings. The van der Waals surface area contributed by atoms with Crippen LogP contribution in [0.2, 0.25) is 0 Å². The third-order valence-corrected chi connectivity index (χ3v) is 3.86. The Morgan fingerprint density at radius 3 is 2.43 bits per heavy atom. The number of amides is 1. The molecule has 1 rings (SSSR count). The van der Waals surface area contributed by atoms with E-state index in [0.717, 1.165) is 6.42 Å². The number of morpholine rings is 1. The van der Waals surface area contributed by atoms with E-state index in [1.54, 1.807) is 11.8 Å². The molecule has 0 bridgehead atoms. The van der Waals surface area contributed by atoms with Gasteiger partial charge >= 0.3 is 5.97 Å². The zero-order chi connectivity index (χ0) is 16.2. The van der Waals surface area contributed by atoms with Crippen molar-refractivity contribution in [2.75, 3.05) is 19.8 Å². The van der Waals surface area contributed by atoms with Gasteiger partial charge in [0, 0.05) is 6.54 Å². The van der Waals surface area contributed by atoms with E-state index < -0.39 is 17.3 Å². The van der Waals surface area contributed by atoms with Crippen molar-refractivity contribution in [3.05, 3.63) is 0 Å². The van der Waals surface area contributed by atoms with Crippen LogP contribution in [0.25, 0.3) is 0 Å². The molecule has 3 unspecified atom stereocenters. The highest BCUT2D eigenvalue weighted by atomic mass is 16.5. The van der Waals surface area contributed by atoms with Crippen LogP contribution in [0.3, 0.4) is 0 Å². The highest BCUT2D eigenvalue weighted by molar-refractivity contribution is 5.98. The van der Waals surface area contributed by atoms with Crippen molar-refractivity contribution < 1.29 is 19.1 Å². The summed E-state index contributed by atoms with van der Waals surface area (Å²) in [7, 11) is 0. The standard InChI is InChI=1S/C16H29NO4/c1-7-12-10-21-11(3)9-17(12)14(18)13(16(4,5)6)15(19)20-8-2/h11-13H,7-10H2,1-6H3. The van der Waals surface area contributed by atoms with Gasteiger partial charge in [0.25, 0.3) is 0 Å². The van der Waals surface area contributed by atoms with E-state index in [-0.39, 0.29) is 24.7 Å². The Balaban J connectivity index is 3.00. The number of carbonyl (C=O) groups excluding carboxylic acids is 2. The first-order chi connectivity index (χ1) is 9.72. The molecule has 0 aromatic rings. The molecule has 0 radical (unpaired) electrons. The zero-order valence-electron chi connectivity index (χ0n) is 14.1. The van der Waals surface area contributed by atoms with Gasteiger partial charge in [0.15, 0.2) is 0 Å². The minimum absolute atomic E-state index is 0.000404. The summed E-state index contributed by atoms with van der Waals surface area (Å²) < 4.78 is 10.7. The molecule has 0 spiro atoms. The second-order valence-electron chi connectivity index (χ2n) is 6.75. The normalized spacial score (nSPS) is 24.6. The van der Waals surface area contributed by atoms with Crippen molar-refractivity contribution in [3.8, 4) is 0 Å². The number of ether oxygens (including phenoxy) is 2. The molecule has 1 saturated heterocycles. The second-order valence-corrected chi connectivity index (χ2v) is 6.75. The van der Waals surface area contributed by atoms with Gasteiger partial charge in [-0.2, -0.15) is 0 Å². The molecule has 21 heavy (non-hydrogen) atoms. The van der Waals surface area contributed by atoms with Crippen molar-refractivity contribution in [2.45, 2.75) is 60.1 Å². The lowest BCUT2D eigenvalue weighted by Crippen LogP contribution is -2.56. The molecular formula is C16H29NO4. The fourth-order valence-corrected chi connectivity index (χ4v) is 2.67. The van der Waals surface area contributed by atoms with E-state index in [1.165, 1.54) is 0 Å². The average Bonchev–Trinajstić information content (AvgIpc) is 2.37. The van der Waals surface area contributed by atoms with Gasteiger partial charge in [-0.25, -0.2) is 0 Å². The van der Waals surface area contributed by atoms with Crippen LogP contribution in [0.4, 0.5) is 0 Å². The molecule has 5 heteroatoms. The summed E-state index contributed by atoms with van der Waals surface area (Å²) in [5, 5.41) is 0. The number of hydrogen-bond donors (Lipinski definition) is 0. The van der Waals surface area contributed by atoms with Gasteiger partial charge in [-0.15, -0.1) is 0 Å².